The van der Waals surface area contributed by atoms with Crippen LogP contribution in [-0.4, -0.2) is 5.11 Å². The van der Waals surface area contributed by atoms with Gasteiger partial charge in [0.15, 0.2) is 0 Å². The standard InChI is InChI=1S/C17H19ClO2/c1-3-12(2)15-6-4-5-7-17(15)20-14-9-8-13(11-19)16(18)10-14/h4-10,12,19H,3,11H2,1-2H3. The van der Waals surface area contributed by atoms with E-state index in [0.717, 1.165) is 12.2 Å². The van der Waals surface area contributed by atoms with Gasteiger partial charge in [-0.1, -0.05) is 49.7 Å². The first-order valence-corrected chi connectivity index (χ1v) is 7.19. The van der Waals surface area contributed by atoms with Crippen molar-refractivity contribution in [2.24, 2.45) is 0 Å². The largest absolute Gasteiger partial charge is 0.457 e. The van der Waals surface area contributed by atoms with Gasteiger partial charge in [0.2, 0.25) is 0 Å². The Bertz CT molecular complexity index is 581. The molecule has 0 saturated heterocycles. The molecule has 0 amide bonds. The summed E-state index contributed by atoms with van der Waals surface area (Å²) in [5.41, 5.74) is 1.89. The van der Waals surface area contributed by atoms with E-state index in [0.29, 0.717) is 22.3 Å². The predicted octanol–water partition coefficient (Wildman–Crippen LogP) is 5.14. The monoisotopic (exact) mass is 290 g/mol. The van der Waals surface area contributed by atoms with Gasteiger partial charge in [0, 0.05) is 5.02 Å². The molecule has 20 heavy (non-hydrogen) atoms. The lowest BCUT2D eigenvalue weighted by molar-refractivity contribution is 0.282. The fourth-order valence-corrected chi connectivity index (χ4v) is 2.28. The fourth-order valence-electron chi connectivity index (χ4n) is 2.05. The lowest BCUT2D eigenvalue weighted by Gasteiger charge is -2.15. The van der Waals surface area contributed by atoms with Crippen LogP contribution in [0.5, 0.6) is 11.5 Å². The van der Waals surface area contributed by atoms with Crippen molar-refractivity contribution in [3.05, 3.63) is 58.6 Å². The van der Waals surface area contributed by atoms with E-state index in [1.165, 1.54) is 5.56 Å². The molecule has 1 atom stereocenters. The Morgan fingerprint density at radius 2 is 1.95 bits per heavy atom. The first-order chi connectivity index (χ1) is 9.65. The smallest absolute Gasteiger partial charge is 0.130 e. The minimum Gasteiger partial charge on any atom is -0.457 e. The molecule has 0 radical (unpaired) electrons. The minimum absolute atomic E-state index is 0.0669. The third-order valence-corrected chi connectivity index (χ3v) is 3.84. The van der Waals surface area contributed by atoms with Gasteiger partial charge in [-0.25, -0.2) is 0 Å². The molecule has 0 aliphatic heterocycles. The molecule has 2 rings (SSSR count). The van der Waals surface area contributed by atoms with Gasteiger partial charge in [0.1, 0.15) is 11.5 Å². The Balaban J connectivity index is 2.28. The Hall–Kier alpha value is -1.51. The molecule has 0 spiro atoms. The second kappa shape index (κ2) is 6.78. The highest BCUT2D eigenvalue weighted by Crippen LogP contribution is 2.33. The molecule has 3 heteroatoms. The molecule has 0 aliphatic carbocycles. The van der Waals surface area contributed by atoms with Gasteiger partial charge in [0.25, 0.3) is 0 Å². The normalized spacial score (nSPS) is 12.2. The Morgan fingerprint density at radius 3 is 2.60 bits per heavy atom. The van der Waals surface area contributed by atoms with Crippen molar-refractivity contribution in [1.82, 2.24) is 0 Å². The summed E-state index contributed by atoms with van der Waals surface area (Å²) in [4.78, 5) is 0. The maximum absolute atomic E-state index is 9.12. The first kappa shape index (κ1) is 14.9. The average molecular weight is 291 g/mol. The molecule has 2 nitrogen and oxygen atoms in total. The molecule has 1 unspecified atom stereocenters. The number of hydrogen-bond acceptors (Lipinski definition) is 2. The number of rotatable bonds is 5. The van der Waals surface area contributed by atoms with Crippen molar-refractivity contribution in [3.63, 3.8) is 0 Å². The van der Waals surface area contributed by atoms with Crippen LogP contribution < -0.4 is 4.74 Å². The lowest BCUT2D eigenvalue weighted by Crippen LogP contribution is -1.96. The molecule has 0 fully saturated rings. The van der Waals surface area contributed by atoms with E-state index < -0.39 is 0 Å². The maximum Gasteiger partial charge on any atom is 0.130 e. The van der Waals surface area contributed by atoms with Gasteiger partial charge in [-0.2, -0.15) is 0 Å². The third-order valence-electron chi connectivity index (χ3n) is 3.48. The molecule has 0 heterocycles. The van der Waals surface area contributed by atoms with E-state index in [9.17, 15) is 0 Å². The van der Waals surface area contributed by atoms with Crippen molar-refractivity contribution in [1.29, 1.82) is 0 Å². The molecule has 0 aliphatic rings. The molecule has 0 saturated carbocycles. The number of aliphatic hydroxyl groups excluding tert-OH is 1. The van der Waals surface area contributed by atoms with Crippen LogP contribution in [0.4, 0.5) is 0 Å². The van der Waals surface area contributed by atoms with Crippen molar-refractivity contribution in [2.45, 2.75) is 32.8 Å². The van der Waals surface area contributed by atoms with E-state index in [4.69, 9.17) is 21.4 Å². The summed E-state index contributed by atoms with van der Waals surface area (Å²) in [6.45, 7) is 4.28. The van der Waals surface area contributed by atoms with Gasteiger partial charge in [-0.05, 0) is 41.7 Å². The average Bonchev–Trinajstić information content (AvgIpc) is 2.47. The highest BCUT2D eigenvalue weighted by atomic mass is 35.5. The third kappa shape index (κ3) is 3.33. The quantitative estimate of drug-likeness (QED) is 0.826. The van der Waals surface area contributed by atoms with E-state index in [-0.39, 0.29) is 6.61 Å². The molecule has 106 valence electrons. The highest BCUT2D eigenvalue weighted by Gasteiger charge is 2.11. The summed E-state index contributed by atoms with van der Waals surface area (Å²) >= 11 is 6.09. The van der Waals surface area contributed by atoms with E-state index in [1.54, 1.807) is 12.1 Å². The number of hydrogen-bond donors (Lipinski definition) is 1. The van der Waals surface area contributed by atoms with E-state index in [1.807, 2.05) is 24.3 Å². The molecular weight excluding hydrogens is 272 g/mol. The second-order valence-corrected chi connectivity index (χ2v) is 5.27. The minimum atomic E-state index is -0.0669. The number of aliphatic hydroxyl groups is 1. The topological polar surface area (TPSA) is 29.5 Å². The molecule has 1 N–H and O–H groups in total. The summed E-state index contributed by atoms with van der Waals surface area (Å²) in [7, 11) is 0. The van der Waals surface area contributed by atoms with Gasteiger partial charge in [-0.15, -0.1) is 0 Å². The van der Waals surface area contributed by atoms with Gasteiger partial charge in [-0.3, -0.25) is 0 Å². The Kier molecular flexibility index (Phi) is 5.05. The summed E-state index contributed by atoms with van der Waals surface area (Å²) in [6, 6.07) is 13.4. The van der Waals surface area contributed by atoms with Crippen LogP contribution in [0.25, 0.3) is 0 Å². The zero-order chi connectivity index (χ0) is 14.5. The van der Waals surface area contributed by atoms with Crippen LogP contribution in [0.2, 0.25) is 5.02 Å². The second-order valence-electron chi connectivity index (χ2n) is 4.86. The number of ether oxygens (including phenoxy) is 1. The van der Waals surface area contributed by atoms with Crippen LogP contribution in [-0.2, 0) is 6.61 Å². The Morgan fingerprint density at radius 1 is 1.20 bits per heavy atom. The Labute approximate surface area is 125 Å². The number of para-hydroxylation sites is 1. The van der Waals surface area contributed by atoms with Crippen LogP contribution in [0.1, 0.15) is 37.3 Å². The van der Waals surface area contributed by atoms with Crippen LogP contribution in [0.3, 0.4) is 0 Å². The zero-order valence-electron chi connectivity index (χ0n) is 11.8. The molecular formula is C17H19ClO2. The number of benzene rings is 2. The fraction of sp³-hybridized carbons (Fsp3) is 0.294. The summed E-state index contributed by atoms with van der Waals surface area (Å²) in [5.74, 6) is 1.98. The van der Waals surface area contributed by atoms with E-state index in [2.05, 4.69) is 19.9 Å². The van der Waals surface area contributed by atoms with Crippen molar-refractivity contribution >= 4 is 11.6 Å². The maximum atomic E-state index is 9.12. The van der Waals surface area contributed by atoms with E-state index >= 15 is 0 Å². The van der Waals surface area contributed by atoms with Gasteiger partial charge >= 0.3 is 0 Å². The SMILES string of the molecule is CCC(C)c1ccccc1Oc1ccc(CO)c(Cl)c1. The van der Waals surface area contributed by atoms with Crippen molar-refractivity contribution in [2.75, 3.05) is 0 Å². The summed E-state index contributed by atoms with van der Waals surface area (Å²) in [6.07, 6.45) is 1.06. The summed E-state index contributed by atoms with van der Waals surface area (Å²) < 4.78 is 5.95. The van der Waals surface area contributed by atoms with Crippen LogP contribution >= 0.6 is 11.6 Å². The molecule has 0 bridgehead atoms. The van der Waals surface area contributed by atoms with Crippen LogP contribution in [0, 0.1) is 0 Å². The zero-order valence-corrected chi connectivity index (χ0v) is 12.5. The van der Waals surface area contributed by atoms with Crippen molar-refractivity contribution in [3.8, 4) is 11.5 Å². The molecule has 2 aromatic carbocycles. The van der Waals surface area contributed by atoms with Gasteiger partial charge in [0.05, 0.1) is 6.61 Å². The lowest BCUT2D eigenvalue weighted by atomic mass is 9.98. The van der Waals surface area contributed by atoms with Gasteiger partial charge < -0.3 is 9.84 Å². The first-order valence-electron chi connectivity index (χ1n) is 6.81. The number of halogens is 1. The van der Waals surface area contributed by atoms with Crippen LogP contribution in [0.15, 0.2) is 42.5 Å². The molecule has 2 aromatic rings. The predicted molar refractivity (Wildman–Crippen MR) is 82.6 cm³/mol. The van der Waals surface area contributed by atoms with Crippen molar-refractivity contribution < 1.29 is 9.84 Å². The summed E-state index contributed by atoms with van der Waals surface area (Å²) in [5, 5.41) is 9.64. The molecule has 0 aromatic heterocycles. The highest BCUT2D eigenvalue weighted by molar-refractivity contribution is 6.31.